The van der Waals surface area contributed by atoms with Gasteiger partial charge in [-0.05, 0) is 25.7 Å². The van der Waals surface area contributed by atoms with Crippen molar-refractivity contribution in [2.45, 2.75) is 37.8 Å². The Morgan fingerprint density at radius 2 is 2.10 bits per heavy atom. The van der Waals surface area contributed by atoms with Crippen molar-refractivity contribution in [1.82, 2.24) is 0 Å². The maximum atomic E-state index is 11.2. The first-order valence-electron chi connectivity index (χ1n) is 7.04. The fourth-order valence-corrected chi connectivity index (χ4v) is 2.91. The summed E-state index contributed by atoms with van der Waals surface area (Å²) >= 11 is 0. The minimum atomic E-state index is -0.402. The van der Waals surface area contributed by atoms with E-state index in [0.29, 0.717) is 17.2 Å². The molecule has 1 saturated carbocycles. The second-order valence-electron chi connectivity index (χ2n) is 5.35. The predicted octanol–water partition coefficient (Wildman–Crippen LogP) is 2.69. The van der Waals surface area contributed by atoms with Crippen molar-refractivity contribution in [3.05, 3.63) is 22.2 Å². The van der Waals surface area contributed by atoms with Crippen LogP contribution in [0.25, 0.3) is 0 Å². The van der Waals surface area contributed by atoms with Crippen molar-refractivity contribution in [2.75, 3.05) is 19.2 Å². The molecule has 0 bridgehead atoms. The summed E-state index contributed by atoms with van der Waals surface area (Å²) in [6, 6.07) is 3.24. The van der Waals surface area contributed by atoms with Gasteiger partial charge in [-0.3, -0.25) is 10.1 Å². The molecule has 0 radical (unpaired) electrons. The van der Waals surface area contributed by atoms with Gasteiger partial charge in [0, 0.05) is 19.2 Å². The van der Waals surface area contributed by atoms with E-state index in [4.69, 9.17) is 14.2 Å². The van der Waals surface area contributed by atoms with Crippen LogP contribution in [-0.2, 0) is 4.74 Å². The molecule has 1 heterocycles. The summed E-state index contributed by atoms with van der Waals surface area (Å²) in [5.41, 5.74) is 0.491. The van der Waals surface area contributed by atoms with Gasteiger partial charge < -0.3 is 19.5 Å². The van der Waals surface area contributed by atoms with Crippen LogP contribution in [-0.4, -0.2) is 31.0 Å². The summed E-state index contributed by atoms with van der Waals surface area (Å²) in [4.78, 5) is 10.8. The van der Waals surface area contributed by atoms with Crippen molar-refractivity contribution < 1.29 is 19.1 Å². The first kappa shape index (κ1) is 13.9. The van der Waals surface area contributed by atoms with E-state index in [1.807, 2.05) is 0 Å². The van der Waals surface area contributed by atoms with E-state index in [1.165, 1.54) is 6.07 Å². The maximum absolute atomic E-state index is 11.2. The smallest absolute Gasteiger partial charge is 0.296 e. The quantitative estimate of drug-likeness (QED) is 0.679. The average molecular weight is 294 g/mol. The Kier molecular flexibility index (Phi) is 3.83. The maximum Gasteiger partial charge on any atom is 0.296 e. The topological polar surface area (TPSA) is 82.9 Å². The summed E-state index contributed by atoms with van der Waals surface area (Å²) in [6.45, 7) is 0.102. The molecule has 0 spiro atoms. The minimum Gasteiger partial charge on any atom is -0.454 e. The molecule has 0 amide bonds. The highest BCUT2D eigenvalue weighted by Gasteiger charge is 2.27. The van der Waals surface area contributed by atoms with Gasteiger partial charge in [-0.15, -0.1) is 0 Å². The highest BCUT2D eigenvalue weighted by atomic mass is 16.7. The van der Waals surface area contributed by atoms with Gasteiger partial charge in [0.1, 0.15) is 5.69 Å². The van der Waals surface area contributed by atoms with E-state index < -0.39 is 4.92 Å². The number of anilines is 1. The number of nitrogens with one attached hydrogen (secondary N) is 1. The van der Waals surface area contributed by atoms with E-state index in [2.05, 4.69) is 5.32 Å². The Morgan fingerprint density at radius 3 is 2.81 bits per heavy atom. The zero-order valence-corrected chi connectivity index (χ0v) is 11.8. The molecule has 7 heteroatoms. The SMILES string of the molecule is COC1CCCC(Nc2cc3c(cc2[N+](=O)[O-])OCO3)C1. The van der Waals surface area contributed by atoms with E-state index in [1.54, 1.807) is 13.2 Å². The number of benzene rings is 1. The summed E-state index contributed by atoms with van der Waals surface area (Å²) in [5, 5.41) is 14.5. The largest absolute Gasteiger partial charge is 0.454 e. The zero-order chi connectivity index (χ0) is 14.8. The highest BCUT2D eigenvalue weighted by molar-refractivity contribution is 5.69. The van der Waals surface area contributed by atoms with Gasteiger partial charge in [-0.1, -0.05) is 0 Å². The lowest BCUT2D eigenvalue weighted by molar-refractivity contribution is -0.384. The fraction of sp³-hybridized carbons (Fsp3) is 0.571. The lowest BCUT2D eigenvalue weighted by Crippen LogP contribution is -2.31. The lowest BCUT2D eigenvalue weighted by atomic mass is 9.92. The van der Waals surface area contributed by atoms with Gasteiger partial charge in [0.15, 0.2) is 11.5 Å². The van der Waals surface area contributed by atoms with Crippen LogP contribution in [0, 0.1) is 10.1 Å². The molecule has 1 aliphatic carbocycles. The number of nitrogens with zero attached hydrogens (tertiary/aromatic N) is 1. The number of fused-ring (bicyclic) bond motifs is 1. The molecule has 2 atom stereocenters. The average Bonchev–Trinajstić information content (AvgIpc) is 2.93. The molecule has 1 aromatic rings. The number of hydrogen-bond acceptors (Lipinski definition) is 6. The van der Waals surface area contributed by atoms with Crippen molar-refractivity contribution in [1.29, 1.82) is 0 Å². The number of nitro groups is 1. The van der Waals surface area contributed by atoms with Crippen molar-refractivity contribution in [2.24, 2.45) is 0 Å². The molecule has 2 aliphatic rings. The van der Waals surface area contributed by atoms with Gasteiger partial charge in [0.05, 0.1) is 17.1 Å². The fourth-order valence-electron chi connectivity index (χ4n) is 2.91. The number of methoxy groups -OCH3 is 1. The second-order valence-corrected chi connectivity index (χ2v) is 5.35. The van der Waals surface area contributed by atoms with Crippen LogP contribution in [0.4, 0.5) is 11.4 Å². The van der Waals surface area contributed by atoms with Gasteiger partial charge in [-0.2, -0.15) is 0 Å². The molecule has 1 N–H and O–H groups in total. The highest BCUT2D eigenvalue weighted by Crippen LogP contribution is 2.41. The number of hydrogen-bond donors (Lipinski definition) is 1. The third kappa shape index (κ3) is 2.87. The van der Waals surface area contributed by atoms with Crippen LogP contribution >= 0.6 is 0 Å². The van der Waals surface area contributed by atoms with E-state index >= 15 is 0 Å². The Morgan fingerprint density at radius 1 is 1.33 bits per heavy atom. The third-order valence-corrected chi connectivity index (χ3v) is 4.01. The molecule has 7 nitrogen and oxygen atoms in total. The summed E-state index contributed by atoms with van der Waals surface area (Å²) in [6.07, 6.45) is 4.13. The minimum absolute atomic E-state index is 0.0128. The van der Waals surface area contributed by atoms with Gasteiger partial charge in [0.25, 0.3) is 5.69 Å². The summed E-state index contributed by atoms with van der Waals surface area (Å²) < 4.78 is 15.9. The van der Waals surface area contributed by atoms with Gasteiger partial charge >= 0.3 is 0 Å². The Bertz CT molecular complexity index is 548. The summed E-state index contributed by atoms with van der Waals surface area (Å²) in [5.74, 6) is 0.966. The van der Waals surface area contributed by atoms with Crippen LogP contribution in [0.3, 0.4) is 0 Å². The van der Waals surface area contributed by atoms with Crippen LogP contribution in [0.5, 0.6) is 11.5 Å². The second kappa shape index (κ2) is 5.77. The molecule has 1 aliphatic heterocycles. The monoisotopic (exact) mass is 294 g/mol. The standard InChI is InChI=1S/C14H18N2O5/c1-19-10-4-2-3-9(5-10)15-11-6-13-14(21-8-20-13)7-12(11)16(17)18/h6-7,9-10,15H,2-5,8H2,1H3. The van der Waals surface area contributed by atoms with Crippen LogP contribution in [0.1, 0.15) is 25.7 Å². The zero-order valence-electron chi connectivity index (χ0n) is 11.8. The van der Waals surface area contributed by atoms with Crippen LogP contribution in [0.15, 0.2) is 12.1 Å². The molecule has 1 aromatic carbocycles. The lowest BCUT2D eigenvalue weighted by Gasteiger charge is -2.29. The normalized spacial score (nSPS) is 23.9. The molecule has 114 valence electrons. The molecule has 0 saturated heterocycles. The van der Waals surface area contributed by atoms with Crippen molar-refractivity contribution in [3.63, 3.8) is 0 Å². The Hall–Kier alpha value is -2.02. The van der Waals surface area contributed by atoms with E-state index in [-0.39, 0.29) is 24.6 Å². The molecular formula is C14H18N2O5. The molecular weight excluding hydrogens is 276 g/mol. The Labute approximate surface area is 122 Å². The molecule has 1 fully saturated rings. The van der Waals surface area contributed by atoms with E-state index in [0.717, 1.165) is 25.7 Å². The third-order valence-electron chi connectivity index (χ3n) is 4.01. The predicted molar refractivity (Wildman–Crippen MR) is 75.9 cm³/mol. The number of rotatable bonds is 4. The summed E-state index contributed by atoms with van der Waals surface area (Å²) in [7, 11) is 1.70. The first-order valence-corrected chi connectivity index (χ1v) is 7.04. The first-order chi connectivity index (χ1) is 10.2. The van der Waals surface area contributed by atoms with E-state index in [9.17, 15) is 10.1 Å². The Balaban J connectivity index is 1.82. The molecule has 21 heavy (non-hydrogen) atoms. The van der Waals surface area contributed by atoms with Gasteiger partial charge in [-0.25, -0.2) is 0 Å². The van der Waals surface area contributed by atoms with Crippen molar-refractivity contribution in [3.8, 4) is 11.5 Å². The van der Waals surface area contributed by atoms with Gasteiger partial charge in [0.2, 0.25) is 6.79 Å². The molecule has 2 unspecified atom stereocenters. The molecule has 3 rings (SSSR count). The van der Waals surface area contributed by atoms with Crippen LogP contribution < -0.4 is 14.8 Å². The number of nitro benzene ring substituents is 1. The van der Waals surface area contributed by atoms with Crippen molar-refractivity contribution >= 4 is 11.4 Å². The van der Waals surface area contributed by atoms with Crippen LogP contribution in [0.2, 0.25) is 0 Å². The number of ether oxygens (including phenoxy) is 3. The molecule has 0 aromatic heterocycles.